The highest BCUT2D eigenvalue weighted by molar-refractivity contribution is 8.76. The molecule has 0 unspecified atom stereocenters. The summed E-state index contributed by atoms with van der Waals surface area (Å²) in [5.74, 6) is -0.0517. The molecule has 4 rings (SSSR count). The van der Waals surface area contributed by atoms with Crippen LogP contribution in [-0.4, -0.2) is 70.0 Å². The highest BCUT2D eigenvalue weighted by Gasteiger charge is 2.40. The Kier molecular flexibility index (Phi) is 15.2. The summed E-state index contributed by atoms with van der Waals surface area (Å²) in [5, 5.41) is 10.0. The van der Waals surface area contributed by atoms with Crippen molar-refractivity contribution < 1.29 is 19.2 Å². The minimum Gasteiger partial charge on any atom is -0.343 e. The minimum atomic E-state index is -0.737. The molecule has 1 aromatic rings. The second-order valence-corrected chi connectivity index (χ2v) is 14.8. The third-order valence-electron chi connectivity index (χ3n) is 8.96. The van der Waals surface area contributed by atoms with Crippen molar-refractivity contribution >= 4 is 45.2 Å². The molecule has 3 N–H and O–H groups in total. The summed E-state index contributed by atoms with van der Waals surface area (Å²) in [4.78, 5) is 60.6. The quantitative estimate of drug-likeness (QED) is 0.251. The molecule has 1 aromatic heterocycles. The number of carbonyl (C=O) groups excluding carboxylic acids is 4. The number of fused-ring (bicyclic) bond motifs is 4. The molecule has 0 aromatic carbocycles. The van der Waals surface area contributed by atoms with Crippen LogP contribution in [0.4, 0.5) is 0 Å². The van der Waals surface area contributed by atoms with Gasteiger partial charge in [0.25, 0.3) is 0 Å². The summed E-state index contributed by atoms with van der Waals surface area (Å²) in [6.45, 7) is 0.498. The summed E-state index contributed by atoms with van der Waals surface area (Å²) in [6.07, 6.45) is 18.2. The fraction of sp³-hybridized carbons (Fsp3) is 0.727. The molecule has 2 bridgehead atoms. The van der Waals surface area contributed by atoms with Crippen molar-refractivity contribution in [1.29, 1.82) is 0 Å². The van der Waals surface area contributed by atoms with Gasteiger partial charge in [-0.3, -0.25) is 19.2 Å². The monoisotopic (exact) mass is 645 g/mol. The Morgan fingerprint density at radius 3 is 2.09 bits per heavy atom. The Morgan fingerprint density at radius 1 is 0.705 bits per heavy atom. The fourth-order valence-electron chi connectivity index (χ4n) is 6.41. The average molecular weight is 646 g/mol. The van der Waals surface area contributed by atoms with Crippen molar-refractivity contribution in [2.24, 2.45) is 0 Å². The van der Waals surface area contributed by atoms with E-state index in [4.69, 9.17) is 0 Å². The predicted molar refractivity (Wildman–Crippen MR) is 177 cm³/mol. The first kappa shape index (κ1) is 34.6. The van der Waals surface area contributed by atoms with Gasteiger partial charge < -0.3 is 20.9 Å². The van der Waals surface area contributed by atoms with Crippen LogP contribution in [0.2, 0.25) is 0 Å². The van der Waals surface area contributed by atoms with Gasteiger partial charge in [-0.25, -0.2) is 4.98 Å². The Bertz CT molecular complexity index is 1060. The van der Waals surface area contributed by atoms with Crippen molar-refractivity contribution in [2.75, 3.05) is 12.3 Å². The third kappa shape index (κ3) is 11.3. The van der Waals surface area contributed by atoms with Crippen LogP contribution in [-0.2, 0) is 19.2 Å². The Morgan fingerprint density at radius 2 is 1.39 bits per heavy atom. The molecule has 0 saturated carbocycles. The molecular weight excluding hydrogens is 595 g/mol. The van der Waals surface area contributed by atoms with Crippen LogP contribution in [0.25, 0.3) is 0 Å². The van der Waals surface area contributed by atoms with E-state index in [2.05, 4.69) is 20.9 Å². The normalized spacial score (nSPS) is 26.6. The molecule has 244 valence electrons. The molecule has 9 nitrogen and oxygen atoms in total. The molecule has 3 fully saturated rings. The van der Waals surface area contributed by atoms with E-state index in [1.807, 2.05) is 18.2 Å². The zero-order valence-electron chi connectivity index (χ0n) is 26.1. The van der Waals surface area contributed by atoms with E-state index in [1.165, 1.54) is 25.7 Å². The first-order valence-corrected chi connectivity index (χ1v) is 19.3. The lowest BCUT2D eigenvalue weighted by Crippen LogP contribution is -2.61. The molecule has 11 heteroatoms. The number of carbonyl (C=O) groups is 4. The molecule has 4 heterocycles. The van der Waals surface area contributed by atoms with Gasteiger partial charge in [-0.2, -0.15) is 0 Å². The van der Waals surface area contributed by atoms with E-state index in [1.54, 1.807) is 32.7 Å². The number of nitrogens with one attached hydrogen (secondary N) is 3. The SMILES string of the molecule is O=C1N[C@@H]2CCCCCCCCCCCC[C@H](NC2=O)C(=O)N2CCC[C@@H]2C(=O)N[C@H]1CCCCCSSc1ccccn1. The van der Waals surface area contributed by atoms with Crippen molar-refractivity contribution in [1.82, 2.24) is 25.8 Å². The maximum atomic E-state index is 13.8. The molecule has 0 aliphatic carbocycles. The number of nitrogens with zero attached hydrogens (tertiary/aromatic N) is 2. The topological polar surface area (TPSA) is 121 Å². The van der Waals surface area contributed by atoms with Crippen molar-refractivity contribution in [2.45, 2.75) is 145 Å². The van der Waals surface area contributed by atoms with Crippen molar-refractivity contribution in [3.8, 4) is 0 Å². The highest BCUT2D eigenvalue weighted by Crippen LogP contribution is 2.30. The number of unbranched alkanes of at least 4 members (excludes halogenated alkanes) is 2. The lowest BCUT2D eigenvalue weighted by atomic mass is 9.99. The van der Waals surface area contributed by atoms with E-state index in [0.717, 1.165) is 75.0 Å². The molecule has 3 saturated heterocycles. The van der Waals surface area contributed by atoms with Crippen molar-refractivity contribution in [3.63, 3.8) is 0 Å². The number of hydrogen-bond donors (Lipinski definition) is 3. The van der Waals surface area contributed by atoms with Gasteiger partial charge >= 0.3 is 0 Å². The molecule has 44 heavy (non-hydrogen) atoms. The van der Waals surface area contributed by atoms with Gasteiger partial charge in [0.05, 0.1) is 0 Å². The summed E-state index contributed by atoms with van der Waals surface area (Å²) < 4.78 is 0. The zero-order valence-corrected chi connectivity index (χ0v) is 27.7. The van der Waals surface area contributed by atoms with Gasteiger partial charge in [-0.15, -0.1) is 0 Å². The number of aromatic nitrogens is 1. The molecule has 4 amide bonds. The van der Waals surface area contributed by atoms with E-state index in [-0.39, 0.29) is 23.6 Å². The van der Waals surface area contributed by atoms with Crippen LogP contribution in [0.5, 0.6) is 0 Å². The van der Waals surface area contributed by atoms with Gasteiger partial charge in [-0.05, 0) is 61.5 Å². The summed E-state index contributed by atoms with van der Waals surface area (Å²) in [7, 11) is 3.43. The van der Waals surface area contributed by atoms with Gasteiger partial charge in [0, 0.05) is 18.5 Å². The Labute approximate surface area is 271 Å². The first-order chi connectivity index (χ1) is 21.5. The maximum absolute atomic E-state index is 13.8. The number of hydrogen-bond acceptors (Lipinski definition) is 7. The van der Waals surface area contributed by atoms with Gasteiger partial charge in [0.1, 0.15) is 29.2 Å². The third-order valence-corrected chi connectivity index (χ3v) is 11.3. The van der Waals surface area contributed by atoms with Gasteiger partial charge in [0.2, 0.25) is 23.6 Å². The molecule has 3 aliphatic heterocycles. The Balaban J connectivity index is 1.41. The zero-order chi connectivity index (χ0) is 31.0. The van der Waals surface area contributed by atoms with Gasteiger partial charge in [-0.1, -0.05) is 93.9 Å². The van der Waals surface area contributed by atoms with Gasteiger partial charge in [0.15, 0.2) is 0 Å². The largest absolute Gasteiger partial charge is 0.343 e. The number of rotatable bonds is 8. The lowest BCUT2D eigenvalue weighted by molar-refractivity contribution is -0.143. The van der Waals surface area contributed by atoms with E-state index in [9.17, 15) is 19.2 Å². The Hall–Kier alpha value is -2.27. The second kappa shape index (κ2) is 19.3. The van der Waals surface area contributed by atoms with Crippen LogP contribution in [0.15, 0.2) is 29.4 Å². The van der Waals surface area contributed by atoms with Crippen molar-refractivity contribution in [3.05, 3.63) is 24.4 Å². The molecule has 4 atom stereocenters. The van der Waals surface area contributed by atoms with Crippen LogP contribution in [0.3, 0.4) is 0 Å². The number of pyridine rings is 1. The number of amides is 4. The van der Waals surface area contributed by atoms with Crippen LogP contribution >= 0.6 is 21.6 Å². The highest BCUT2D eigenvalue weighted by atomic mass is 33.1. The first-order valence-electron chi connectivity index (χ1n) is 16.9. The van der Waals surface area contributed by atoms with Crippen LogP contribution < -0.4 is 16.0 Å². The van der Waals surface area contributed by atoms with E-state index < -0.39 is 24.2 Å². The van der Waals surface area contributed by atoms with E-state index in [0.29, 0.717) is 32.2 Å². The lowest BCUT2D eigenvalue weighted by Gasteiger charge is -2.32. The van der Waals surface area contributed by atoms with Crippen LogP contribution in [0, 0.1) is 0 Å². The molecular formula is C33H51N5O4S2. The smallest absolute Gasteiger partial charge is 0.245 e. The van der Waals surface area contributed by atoms with Crippen LogP contribution in [0.1, 0.15) is 116 Å². The molecule has 0 radical (unpaired) electrons. The second-order valence-electron chi connectivity index (χ2n) is 12.4. The average Bonchev–Trinajstić information content (AvgIpc) is 3.52. The summed E-state index contributed by atoms with van der Waals surface area (Å²) >= 11 is 0. The fourth-order valence-corrected chi connectivity index (χ4v) is 8.43. The maximum Gasteiger partial charge on any atom is 0.245 e. The molecule has 0 spiro atoms. The van der Waals surface area contributed by atoms with E-state index >= 15 is 0 Å². The predicted octanol–water partition coefficient (Wildman–Crippen LogP) is 5.54. The molecule has 3 aliphatic rings. The minimum absolute atomic E-state index is 0.166. The summed E-state index contributed by atoms with van der Waals surface area (Å²) in [5.41, 5.74) is 0. The summed E-state index contributed by atoms with van der Waals surface area (Å²) in [6, 6.07) is 3.14. The standard InChI is InChI=1S/C33H51N5O4S2/c39-30-26(18-12-9-15-24-43-44-29-21-13-14-22-34-29)36-32(41)28-20-16-23-38(28)33(42)27-19-11-8-6-4-2-1-3-5-7-10-17-25(35-30)31(40)37-27/h13-14,21-22,25-28H,1-12,15-20,23-24H2,(H,35,39)(H,36,41)(H,37,40)/t25-,26+,27+,28-/m1/s1.